The second-order valence-corrected chi connectivity index (χ2v) is 4.11. The minimum atomic E-state index is -0.161. The van der Waals surface area contributed by atoms with E-state index in [0.717, 1.165) is 19.6 Å². The molecule has 0 spiro atoms. The van der Waals surface area contributed by atoms with Crippen molar-refractivity contribution >= 4 is 0 Å². The normalized spacial score (nSPS) is 26.7. The molecule has 1 aromatic rings. The lowest BCUT2D eigenvalue weighted by Crippen LogP contribution is -2.40. The summed E-state index contributed by atoms with van der Waals surface area (Å²) >= 11 is 0. The molecule has 0 aromatic heterocycles. The number of hydrogen-bond acceptors (Lipinski definition) is 2. The van der Waals surface area contributed by atoms with Crippen LogP contribution in [0.15, 0.2) is 24.3 Å². The first-order valence-electron chi connectivity index (χ1n) is 5.13. The lowest BCUT2D eigenvalue weighted by Gasteiger charge is -2.24. The van der Waals surface area contributed by atoms with Gasteiger partial charge in [-0.25, -0.2) is 0 Å². The zero-order valence-corrected chi connectivity index (χ0v) is 8.84. The highest BCUT2D eigenvalue weighted by molar-refractivity contribution is 5.26. The van der Waals surface area contributed by atoms with Crippen LogP contribution in [0.2, 0.25) is 0 Å². The number of benzene rings is 1. The van der Waals surface area contributed by atoms with Crippen molar-refractivity contribution in [3.63, 3.8) is 0 Å². The van der Waals surface area contributed by atoms with E-state index in [1.807, 2.05) is 0 Å². The highest BCUT2D eigenvalue weighted by Crippen LogP contribution is 2.20. The van der Waals surface area contributed by atoms with E-state index in [9.17, 15) is 0 Å². The van der Waals surface area contributed by atoms with Crippen molar-refractivity contribution in [3.05, 3.63) is 35.4 Å². The summed E-state index contributed by atoms with van der Waals surface area (Å²) < 4.78 is 5.69. The monoisotopic (exact) mass is 191 g/mol. The molecule has 0 saturated carbocycles. The maximum atomic E-state index is 5.69. The van der Waals surface area contributed by atoms with E-state index in [1.54, 1.807) is 0 Å². The average Bonchev–Trinajstić information content (AvgIpc) is 2.57. The molecule has 1 atom stereocenters. The fourth-order valence-corrected chi connectivity index (χ4v) is 1.93. The van der Waals surface area contributed by atoms with E-state index in [0.29, 0.717) is 0 Å². The second-order valence-electron chi connectivity index (χ2n) is 4.11. The zero-order chi connectivity index (χ0) is 10.0. The van der Waals surface area contributed by atoms with Crippen LogP contribution in [-0.2, 0) is 11.2 Å². The van der Waals surface area contributed by atoms with Crippen LogP contribution < -0.4 is 5.32 Å². The van der Waals surface area contributed by atoms with Crippen LogP contribution >= 0.6 is 0 Å². The van der Waals surface area contributed by atoms with E-state index in [2.05, 4.69) is 43.4 Å². The molecule has 1 heterocycles. The van der Waals surface area contributed by atoms with Crippen molar-refractivity contribution in [1.82, 2.24) is 5.32 Å². The first-order chi connectivity index (χ1) is 6.70. The van der Waals surface area contributed by atoms with Crippen LogP contribution in [0, 0.1) is 6.92 Å². The highest BCUT2D eigenvalue weighted by Gasteiger charge is 2.29. The summed E-state index contributed by atoms with van der Waals surface area (Å²) in [7, 11) is 0. The Morgan fingerprint density at radius 1 is 1.43 bits per heavy atom. The molecule has 1 saturated heterocycles. The summed E-state index contributed by atoms with van der Waals surface area (Å²) in [5.74, 6) is 0. The van der Waals surface area contributed by atoms with Crippen molar-refractivity contribution in [2.24, 2.45) is 0 Å². The van der Waals surface area contributed by atoms with Gasteiger partial charge in [0.2, 0.25) is 0 Å². The fourth-order valence-electron chi connectivity index (χ4n) is 1.93. The summed E-state index contributed by atoms with van der Waals surface area (Å²) in [5.41, 5.74) is 2.54. The van der Waals surface area contributed by atoms with Gasteiger partial charge in [-0.15, -0.1) is 0 Å². The summed E-state index contributed by atoms with van der Waals surface area (Å²) in [4.78, 5) is 0. The van der Waals surface area contributed by atoms with Gasteiger partial charge in [0.15, 0.2) is 0 Å². The molecule has 0 amide bonds. The lowest BCUT2D eigenvalue weighted by molar-refractivity contribution is 0.00690. The van der Waals surface area contributed by atoms with Crippen molar-refractivity contribution in [2.75, 3.05) is 13.2 Å². The van der Waals surface area contributed by atoms with Gasteiger partial charge >= 0.3 is 0 Å². The van der Waals surface area contributed by atoms with Crippen LogP contribution in [0.25, 0.3) is 0 Å². The molecule has 1 aromatic carbocycles. The Balaban J connectivity index is 2.14. The topological polar surface area (TPSA) is 21.3 Å². The molecule has 1 N–H and O–H groups in total. The summed E-state index contributed by atoms with van der Waals surface area (Å²) in [6, 6.07) is 8.47. The Bertz CT molecular complexity index is 316. The molecular weight excluding hydrogens is 174 g/mol. The number of aryl methyl sites for hydroxylation is 1. The summed E-state index contributed by atoms with van der Waals surface area (Å²) in [6.07, 6.45) is 0.944. The molecule has 76 valence electrons. The van der Waals surface area contributed by atoms with E-state index < -0.39 is 0 Å². The molecule has 1 aliphatic rings. The SMILES string of the molecule is Cc1ccccc1CC1(C)NCCO1. The molecule has 2 rings (SSSR count). The molecule has 1 aliphatic heterocycles. The maximum Gasteiger partial charge on any atom is 0.120 e. The largest absolute Gasteiger partial charge is 0.359 e. The minimum Gasteiger partial charge on any atom is -0.359 e. The molecule has 0 aliphatic carbocycles. The molecular formula is C12H17NO. The van der Waals surface area contributed by atoms with Gasteiger partial charge in [-0.3, -0.25) is 5.32 Å². The Kier molecular flexibility index (Phi) is 2.57. The van der Waals surface area contributed by atoms with Gasteiger partial charge in [0.1, 0.15) is 5.72 Å². The lowest BCUT2D eigenvalue weighted by atomic mass is 10.00. The van der Waals surface area contributed by atoms with Crippen LogP contribution in [-0.4, -0.2) is 18.9 Å². The van der Waals surface area contributed by atoms with Crippen LogP contribution in [0.5, 0.6) is 0 Å². The van der Waals surface area contributed by atoms with Gasteiger partial charge in [0.25, 0.3) is 0 Å². The van der Waals surface area contributed by atoms with Gasteiger partial charge in [-0.1, -0.05) is 24.3 Å². The third kappa shape index (κ3) is 1.97. The molecule has 2 nitrogen and oxygen atoms in total. The van der Waals surface area contributed by atoms with Gasteiger partial charge in [-0.2, -0.15) is 0 Å². The molecule has 1 unspecified atom stereocenters. The van der Waals surface area contributed by atoms with E-state index in [1.165, 1.54) is 11.1 Å². The Morgan fingerprint density at radius 3 is 2.86 bits per heavy atom. The highest BCUT2D eigenvalue weighted by atomic mass is 16.5. The van der Waals surface area contributed by atoms with Gasteiger partial charge in [-0.05, 0) is 25.0 Å². The predicted molar refractivity (Wildman–Crippen MR) is 57.2 cm³/mol. The number of ether oxygens (including phenoxy) is 1. The third-order valence-electron chi connectivity index (χ3n) is 2.81. The first kappa shape index (κ1) is 9.69. The standard InChI is InChI=1S/C12H17NO/c1-10-5-3-4-6-11(10)9-12(2)13-7-8-14-12/h3-6,13H,7-9H2,1-2H3. The van der Waals surface area contributed by atoms with Crippen molar-refractivity contribution in [3.8, 4) is 0 Å². The molecule has 14 heavy (non-hydrogen) atoms. The van der Waals surface area contributed by atoms with Crippen molar-refractivity contribution in [2.45, 2.75) is 26.0 Å². The molecule has 0 bridgehead atoms. The van der Waals surface area contributed by atoms with Gasteiger partial charge < -0.3 is 4.74 Å². The van der Waals surface area contributed by atoms with E-state index in [-0.39, 0.29) is 5.72 Å². The van der Waals surface area contributed by atoms with Crippen LogP contribution in [0.4, 0.5) is 0 Å². The Morgan fingerprint density at radius 2 is 2.21 bits per heavy atom. The summed E-state index contributed by atoms with van der Waals surface area (Å²) in [5, 5.41) is 3.39. The molecule has 1 fully saturated rings. The second kappa shape index (κ2) is 3.71. The van der Waals surface area contributed by atoms with Gasteiger partial charge in [0, 0.05) is 13.0 Å². The van der Waals surface area contributed by atoms with Crippen molar-refractivity contribution in [1.29, 1.82) is 0 Å². The number of rotatable bonds is 2. The molecule has 0 radical (unpaired) electrons. The number of hydrogen-bond donors (Lipinski definition) is 1. The average molecular weight is 191 g/mol. The van der Waals surface area contributed by atoms with Crippen LogP contribution in [0.3, 0.4) is 0 Å². The third-order valence-corrected chi connectivity index (χ3v) is 2.81. The van der Waals surface area contributed by atoms with Gasteiger partial charge in [0.05, 0.1) is 6.61 Å². The number of nitrogens with one attached hydrogen (secondary N) is 1. The summed E-state index contributed by atoms with van der Waals surface area (Å²) in [6.45, 7) is 6.05. The Hall–Kier alpha value is -0.860. The van der Waals surface area contributed by atoms with E-state index >= 15 is 0 Å². The quantitative estimate of drug-likeness (QED) is 0.770. The van der Waals surface area contributed by atoms with Crippen LogP contribution in [0.1, 0.15) is 18.1 Å². The maximum absolute atomic E-state index is 5.69. The molecule has 2 heteroatoms. The minimum absolute atomic E-state index is 0.161. The fraction of sp³-hybridized carbons (Fsp3) is 0.500. The smallest absolute Gasteiger partial charge is 0.120 e. The van der Waals surface area contributed by atoms with Crippen molar-refractivity contribution < 1.29 is 4.74 Å². The first-order valence-corrected chi connectivity index (χ1v) is 5.13. The predicted octanol–water partition coefficient (Wildman–Crippen LogP) is 1.87. The zero-order valence-electron chi connectivity index (χ0n) is 8.84. The Labute approximate surface area is 85.3 Å². The van der Waals surface area contributed by atoms with E-state index in [4.69, 9.17) is 4.74 Å².